The first-order chi connectivity index (χ1) is 34.5. The van der Waals surface area contributed by atoms with Gasteiger partial charge in [-0.25, -0.2) is 0 Å². The Morgan fingerprint density at radius 2 is 0.600 bits per heavy atom. The van der Waals surface area contributed by atoms with Crippen LogP contribution in [0.5, 0.6) is 0 Å². The number of ether oxygens (including phenoxy) is 3. The first-order valence-electron chi connectivity index (χ1n) is 28.9. The van der Waals surface area contributed by atoms with Gasteiger partial charge >= 0.3 is 17.9 Å². The van der Waals surface area contributed by atoms with Crippen LogP contribution in [0.2, 0.25) is 0 Å². The quantitative estimate of drug-likeness (QED) is 0.0262. The van der Waals surface area contributed by atoms with Gasteiger partial charge in [0.1, 0.15) is 13.2 Å². The van der Waals surface area contributed by atoms with Crippen molar-refractivity contribution >= 4 is 17.9 Å². The molecule has 6 nitrogen and oxygen atoms in total. The van der Waals surface area contributed by atoms with Gasteiger partial charge in [0.15, 0.2) is 6.10 Å². The fourth-order valence-electron chi connectivity index (χ4n) is 7.68. The van der Waals surface area contributed by atoms with Gasteiger partial charge in [0, 0.05) is 19.3 Å². The molecule has 0 bridgehead atoms. The summed E-state index contributed by atoms with van der Waals surface area (Å²) in [5.41, 5.74) is 0. The SMILES string of the molecule is CC/C=C\C/C=C\C/C=C\C/C=C\C/C=C\CCC(=O)OCC(COC(=O)CCCCCCCCC/C=C\CCCCCCCCCC)OC(=O)CCC/C=C\C/C=C\C/C=C\CCCCCCCC. The average molecular weight is 972 g/mol. The van der Waals surface area contributed by atoms with Crippen LogP contribution in [0.4, 0.5) is 0 Å². The van der Waals surface area contributed by atoms with E-state index >= 15 is 0 Å². The summed E-state index contributed by atoms with van der Waals surface area (Å²) < 4.78 is 16.7. The summed E-state index contributed by atoms with van der Waals surface area (Å²) in [6.45, 7) is 6.41. The van der Waals surface area contributed by atoms with E-state index in [-0.39, 0.29) is 44.0 Å². The molecule has 0 spiro atoms. The van der Waals surface area contributed by atoms with Gasteiger partial charge in [-0.3, -0.25) is 14.4 Å². The van der Waals surface area contributed by atoms with Crippen molar-refractivity contribution in [1.29, 1.82) is 0 Å². The minimum atomic E-state index is -0.838. The lowest BCUT2D eigenvalue weighted by molar-refractivity contribution is -0.166. The number of unbranched alkanes of at least 4 members (excludes halogenated alkanes) is 22. The Balaban J connectivity index is 4.55. The van der Waals surface area contributed by atoms with Gasteiger partial charge in [0.2, 0.25) is 0 Å². The Hall–Kier alpha value is -3.93. The molecule has 1 atom stereocenters. The van der Waals surface area contributed by atoms with Gasteiger partial charge < -0.3 is 14.2 Å². The van der Waals surface area contributed by atoms with Gasteiger partial charge in [-0.1, -0.05) is 239 Å². The lowest BCUT2D eigenvalue weighted by Gasteiger charge is -2.18. The maximum absolute atomic E-state index is 12.8. The highest BCUT2D eigenvalue weighted by atomic mass is 16.6. The molecular weight excluding hydrogens is 865 g/mol. The molecule has 6 heteroatoms. The summed E-state index contributed by atoms with van der Waals surface area (Å²) in [5.74, 6) is -1.07. The highest BCUT2D eigenvalue weighted by Gasteiger charge is 2.19. The Kier molecular flexibility index (Phi) is 54.4. The molecule has 0 aliphatic heterocycles. The molecule has 0 N–H and O–H groups in total. The van der Waals surface area contributed by atoms with E-state index in [0.29, 0.717) is 19.3 Å². The van der Waals surface area contributed by atoms with Crippen molar-refractivity contribution in [2.24, 2.45) is 0 Å². The number of hydrogen-bond donors (Lipinski definition) is 0. The molecule has 0 saturated carbocycles. The van der Waals surface area contributed by atoms with Crippen LogP contribution < -0.4 is 0 Å². The summed E-state index contributed by atoms with van der Waals surface area (Å²) in [6, 6.07) is 0. The van der Waals surface area contributed by atoms with E-state index in [1.807, 2.05) is 12.2 Å². The lowest BCUT2D eigenvalue weighted by Crippen LogP contribution is -2.30. The molecule has 0 fully saturated rings. The van der Waals surface area contributed by atoms with Gasteiger partial charge in [-0.05, 0) is 109 Å². The maximum Gasteiger partial charge on any atom is 0.306 e. The van der Waals surface area contributed by atoms with E-state index in [4.69, 9.17) is 14.2 Å². The average Bonchev–Trinajstić information content (AvgIpc) is 3.36. The Morgan fingerprint density at radius 1 is 0.300 bits per heavy atom. The minimum Gasteiger partial charge on any atom is -0.462 e. The molecule has 0 aromatic heterocycles. The third kappa shape index (κ3) is 55.0. The van der Waals surface area contributed by atoms with Gasteiger partial charge in [-0.15, -0.1) is 0 Å². The summed E-state index contributed by atoms with van der Waals surface area (Å²) in [6.07, 6.45) is 78.1. The molecule has 0 aromatic carbocycles. The van der Waals surface area contributed by atoms with E-state index < -0.39 is 6.10 Å². The normalized spacial score (nSPS) is 12.9. The number of esters is 3. The van der Waals surface area contributed by atoms with Gasteiger partial charge in [-0.2, -0.15) is 0 Å². The zero-order valence-corrected chi connectivity index (χ0v) is 45.5. The second-order valence-corrected chi connectivity index (χ2v) is 18.8. The largest absolute Gasteiger partial charge is 0.462 e. The number of allylic oxidation sites excluding steroid dienone is 18. The zero-order valence-electron chi connectivity index (χ0n) is 45.5. The molecule has 0 aliphatic rings. The van der Waals surface area contributed by atoms with Crippen LogP contribution in [-0.4, -0.2) is 37.2 Å². The van der Waals surface area contributed by atoms with Crippen molar-refractivity contribution in [3.8, 4) is 0 Å². The number of hydrogen-bond acceptors (Lipinski definition) is 6. The van der Waals surface area contributed by atoms with Gasteiger partial charge in [0.05, 0.1) is 0 Å². The van der Waals surface area contributed by atoms with Crippen LogP contribution in [0.1, 0.15) is 258 Å². The molecule has 0 aromatic rings. The van der Waals surface area contributed by atoms with Crippen molar-refractivity contribution in [2.45, 2.75) is 264 Å². The number of carbonyl (C=O) groups excluding carboxylic acids is 3. The number of carbonyl (C=O) groups is 3. The van der Waals surface area contributed by atoms with Crippen LogP contribution in [0, 0.1) is 0 Å². The molecule has 0 heterocycles. The lowest BCUT2D eigenvalue weighted by atomic mass is 10.1. The molecule has 0 aliphatic carbocycles. The second kappa shape index (κ2) is 57.6. The van der Waals surface area contributed by atoms with Crippen molar-refractivity contribution in [1.82, 2.24) is 0 Å². The summed E-state index contributed by atoms with van der Waals surface area (Å²) in [4.78, 5) is 38.1. The topological polar surface area (TPSA) is 78.9 Å². The predicted octanol–water partition coefficient (Wildman–Crippen LogP) is 19.5. The van der Waals surface area contributed by atoms with E-state index in [1.54, 1.807) is 0 Å². The zero-order chi connectivity index (χ0) is 50.7. The minimum absolute atomic E-state index is 0.124. The molecule has 0 amide bonds. The standard InChI is InChI=1S/C64H106O6/c1-4-7-10-13-16-19-22-25-28-31-32-34-36-39-42-45-48-51-54-57-63(66)69-60-61(59-68-62(65)56-53-50-47-44-41-38-35-30-27-24-21-18-15-12-9-6-3)70-64(67)58-55-52-49-46-43-40-37-33-29-26-23-20-17-14-11-8-5-2/h9,12,18,21,26-27,29-32,37-38,40-41,46-47,49-50,61H,4-8,10-11,13-17,19-20,22-25,28,33-36,39,42-45,48,51-60H2,1-3H3/b12-9-,21-18-,29-26-,30-27-,32-31-,40-37-,41-38-,49-46-,50-47-. The van der Waals surface area contributed by atoms with E-state index in [0.717, 1.165) is 70.6 Å². The van der Waals surface area contributed by atoms with Crippen LogP contribution >= 0.6 is 0 Å². The molecule has 0 rings (SSSR count). The van der Waals surface area contributed by atoms with Crippen molar-refractivity contribution in [3.05, 3.63) is 109 Å². The van der Waals surface area contributed by atoms with E-state index in [9.17, 15) is 14.4 Å². The fourth-order valence-corrected chi connectivity index (χ4v) is 7.68. The fraction of sp³-hybridized carbons (Fsp3) is 0.672. The number of rotatable bonds is 51. The molecule has 1 unspecified atom stereocenters. The highest BCUT2D eigenvalue weighted by molar-refractivity contribution is 5.71. The Morgan fingerprint density at radius 3 is 1.01 bits per heavy atom. The van der Waals surface area contributed by atoms with E-state index in [2.05, 4.69) is 118 Å². The Bertz CT molecular complexity index is 1440. The molecular formula is C64H106O6. The molecule has 0 radical (unpaired) electrons. The van der Waals surface area contributed by atoms with Crippen LogP contribution in [0.3, 0.4) is 0 Å². The second-order valence-electron chi connectivity index (χ2n) is 18.8. The summed E-state index contributed by atoms with van der Waals surface area (Å²) >= 11 is 0. The molecule has 398 valence electrons. The van der Waals surface area contributed by atoms with Crippen molar-refractivity contribution in [3.63, 3.8) is 0 Å². The highest BCUT2D eigenvalue weighted by Crippen LogP contribution is 2.14. The predicted molar refractivity (Wildman–Crippen MR) is 302 cm³/mol. The monoisotopic (exact) mass is 971 g/mol. The third-order valence-corrected chi connectivity index (χ3v) is 12.0. The van der Waals surface area contributed by atoms with E-state index in [1.165, 1.54) is 135 Å². The van der Waals surface area contributed by atoms with Gasteiger partial charge in [0.25, 0.3) is 0 Å². The van der Waals surface area contributed by atoms with Crippen molar-refractivity contribution in [2.75, 3.05) is 13.2 Å². The van der Waals surface area contributed by atoms with Crippen LogP contribution in [0.25, 0.3) is 0 Å². The van der Waals surface area contributed by atoms with Crippen LogP contribution in [0.15, 0.2) is 109 Å². The van der Waals surface area contributed by atoms with Crippen LogP contribution in [-0.2, 0) is 28.6 Å². The third-order valence-electron chi connectivity index (χ3n) is 12.0. The van der Waals surface area contributed by atoms with Crippen molar-refractivity contribution < 1.29 is 28.6 Å². The molecule has 0 saturated heterocycles. The maximum atomic E-state index is 12.8. The first kappa shape index (κ1) is 66.1. The smallest absolute Gasteiger partial charge is 0.306 e. The summed E-state index contributed by atoms with van der Waals surface area (Å²) in [7, 11) is 0. The Labute approximate surface area is 431 Å². The molecule has 70 heavy (non-hydrogen) atoms. The first-order valence-corrected chi connectivity index (χ1v) is 28.9. The summed E-state index contributed by atoms with van der Waals surface area (Å²) in [5, 5.41) is 0.